The Labute approximate surface area is 115 Å². The highest BCUT2D eigenvalue weighted by Gasteiger charge is 2.07. The fourth-order valence-electron chi connectivity index (χ4n) is 1.53. The smallest absolute Gasteiger partial charge is 0.220 e. The first-order valence-electron chi connectivity index (χ1n) is 6.07. The van der Waals surface area contributed by atoms with Gasteiger partial charge < -0.3 is 11.1 Å². The molecule has 0 aliphatic rings. The molecule has 3 N–H and O–H groups in total. The van der Waals surface area contributed by atoms with Crippen molar-refractivity contribution in [1.82, 2.24) is 15.1 Å². The van der Waals surface area contributed by atoms with Gasteiger partial charge in [0.25, 0.3) is 0 Å². The molecule has 104 valence electrons. The molecule has 0 saturated heterocycles. The van der Waals surface area contributed by atoms with Gasteiger partial charge in [-0.25, -0.2) is 0 Å². The van der Waals surface area contributed by atoms with Crippen molar-refractivity contribution in [3.05, 3.63) is 18.5 Å². The van der Waals surface area contributed by atoms with E-state index in [4.69, 9.17) is 5.73 Å². The molecule has 2 atom stereocenters. The Balaban J connectivity index is 0.00000289. The topological polar surface area (TPSA) is 72.9 Å². The number of aromatic nitrogens is 2. The molecular weight excluding hydrogens is 252 g/mol. The van der Waals surface area contributed by atoms with Crippen molar-refractivity contribution in [2.45, 2.75) is 39.3 Å². The van der Waals surface area contributed by atoms with Crippen LogP contribution in [0.1, 0.15) is 26.7 Å². The number of halogens is 1. The first kappa shape index (κ1) is 16.9. The summed E-state index contributed by atoms with van der Waals surface area (Å²) in [5.74, 6) is 0.448. The zero-order chi connectivity index (χ0) is 12.7. The molecule has 1 amide bonds. The van der Waals surface area contributed by atoms with Crippen LogP contribution in [-0.2, 0) is 11.3 Å². The van der Waals surface area contributed by atoms with E-state index in [0.29, 0.717) is 18.9 Å². The van der Waals surface area contributed by atoms with Crippen LogP contribution in [-0.4, -0.2) is 28.3 Å². The molecular formula is C12H23ClN4O. The lowest BCUT2D eigenvalue weighted by Crippen LogP contribution is -2.31. The molecule has 5 nitrogen and oxygen atoms in total. The third-order valence-corrected chi connectivity index (χ3v) is 2.53. The van der Waals surface area contributed by atoms with Gasteiger partial charge in [0.1, 0.15) is 0 Å². The number of hydrogen-bond donors (Lipinski definition) is 2. The molecule has 0 aliphatic heterocycles. The van der Waals surface area contributed by atoms with Crippen LogP contribution in [0.2, 0.25) is 0 Å². The van der Waals surface area contributed by atoms with Gasteiger partial charge >= 0.3 is 0 Å². The van der Waals surface area contributed by atoms with Crippen molar-refractivity contribution >= 4 is 18.3 Å². The van der Waals surface area contributed by atoms with Crippen molar-refractivity contribution < 1.29 is 4.79 Å². The van der Waals surface area contributed by atoms with Crippen LogP contribution in [0.3, 0.4) is 0 Å². The van der Waals surface area contributed by atoms with E-state index in [1.165, 1.54) is 0 Å². The molecule has 0 saturated carbocycles. The molecule has 1 rings (SSSR count). The molecule has 1 heterocycles. The number of nitrogens with zero attached hydrogens (tertiary/aromatic N) is 2. The molecule has 6 heteroatoms. The molecule has 0 fully saturated rings. The number of hydrogen-bond acceptors (Lipinski definition) is 3. The monoisotopic (exact) mass is 274 g/mol. The zero-order valence-corrected chi connectivity index (χ0v) is 11.8. The van der Waals surface area contributed by atoms with Crippen molar-refractivity contribution in [3.63, 3.8) is 0 Å². The fraction of sp³-hybridized carbons (Fsp3) is 0.667. The maximum absolute atomic E-state index is 11.5. The van der Waals surface area contributed by atoms with E-state index in [2.05, 4.69) is 17.3 Å². The van der Waals surface area contributed by atoms with Crippen LogP contribution in [0.4, 0.5) is 0 Å². The standard InChI is InChI=1S/C12H22N4O.ClH/c1-10(9-16-7-3-6-15-16)8-14-12(17)5-4-11(2)13;/h3,6-7,10-11H,4-5,8-9,13H2,1-2H3,(H,14,17);1H. The van der Waals surface area contributed by atoms with Gasteiger partial charge in [0, 0.05) is 37.9 Å². The molecule has 0 radical (unpaired) electrons. The number of carbonyl (C=O) groups is 1. The lowest BCUT2D eigenvalue weighted by Gasteiger charge is -2.13. The highest BCUT2D eigenvalue weighted by molar-refractivity contribution is 5.85. The van der Waals surface area contributed by atoms with Crippen molar-refractivity contribution in [2.75, 3.05) is 6.54 Å². The van der Waals surface area contributed by atoms with Crippen molar-refractivity contribution in [1.29, 1.82) is 0 Å². The predicted molar refractivity (Wildman–Crippen MR) is 74.5 cm³/mol. The van der Waals surface area contributed by atoms with Crippen LogP contribution >= 0.6 is 12.4 Å². The second-order valence-corrected chi connectivity index (χ2v) is 4.65. The molecule has 0 bridgehead atoms. The summed E-state index contributed by atoms with van der Waals surface area (Å²) in [4.78, 5) is 11.5. The average Bonchev–Trinajstić information content (AvgIpc) is 2.76. The Morgan fingerprint density at radius 2 is 2.22 bits per heavy atom. The minimum Gasteiger partial charge on any atom is -0.356 e. The fourth-order valence-corrected chi connectivity index (χ4v) is 1.53. The van der Waals surface area contributed by atoms with Gasteiger partial charge in [-0.3, -0.25) is 9.48 Å². The third kappa shape index (κ3) is 7.29. The molecule has 18 heavy (non-hydrogen) atoms. The summed E-state index contributed by atoms with van der Waals surface area (Å²) in [6.45, 7) is 5.50. The van der Waals surface area contributed by atoms with E-state index in [1.807, 2.05) is 23.9 Å². The highest BCUT2D eigenvalue weighted by Crippen LogP contribution is 1.99. The van der Waals surface area contributed by atoms with Crippen molar-refractivity contribution in [3.8, 4) is 0 Å². The molecule has 0 aliphatic carbocycles. The van der Waals surface area contributed by atoms with Crippen LogP contribution < -0.4 is 11.1 Å². The lowest BCUT2D eigenvalue weighted by molar-refractivity contribution is -0.121. The second-order valence-electron chi connectivity index (χ2n) is 4.65. The summed E-state index contributed by atoms with van der Waals surface area (Å²) in [7, 11) is 0. The van der Waals surface area contributed by atoms with Crippen LogP contribution in [0.25, 0.3) is 0 Å². The van der Waals surface area contributed by atoms with E-state index >= 15 is 0 Å². The summed E-state index contributed by atoms with van der Waals surface area (Å²) in [6.07, 6.45) is 4.92. The summed E-state index contributed by atoms with van der Waals surface area (Å²) >= 11 is 0. The minimum absolute atomic E-state index is 0. The largest absolute Gasteiger partial charge is 0.356 e. The van der Waals surface area contributed by atoms with Gasteiger partial charge in [-0.05, 0) is 25.3 Å². The van der Waals surface area contributed by atoms with E-state index in [0.717, 1.165) is 13.0 Å². The highest BCUT2D eigenvalue weighted by atomic mass is 35.5. The van der Waals surface area contributed by atoms with Gasteiger partial charge in [0.2, 0.25) is 5.91 Å². The lowest BCUT2D eigenvalue weighted by atomic mass is 10.1. The van der Waals surface area contributed by atoms with Gasteiger partial charge in [0.05, 0.1) is 0 Å². The summed E-state index contributed by atoms with van der Waals surface area (Å²) < 4.78 is 1.87. The maximum Gasteiger partial charge on any atom is 0.220 e. The van der Waals surface area contributed by atoms with Gasteiger partial charge in [0.15, 0.2) is 0 Å². The van der Waals surface area contributed by atoms with Gasteiger partial charge in [-0.15, -0.1) is 12.4 Å². The summed E-state index contributed by atoms with van der Waals surface area (Å²) in [5, 5.41) is 7.04. The molecule has 0 spiro atoms. The Hall–Kier alpha value is -1.07. The van der Waals surface area contributed by atoms with Crippen LogP contribution in [0.5, 0.6) is 0 Å². The number of amides is 1. The van der Waals surface area contributed by atoms with E-state index in [9.17, 15) is 4.79 Å². The third-order valence-electron chi connectivity index (χ3n) is 2.53. The Morgan fingerprint density at radius 3 is 2.78 bits per heavy atom. The quantitative estimate of drug-likeness (QED) is 0.784. The van der Waals surface area contributed by atoms with Crippen LogP contribution in [0.15, 0.2) is 18.5 Å². The Kier molecular flexibility index (Phi) is 8.41. The van der Waals surface area contributed by atoms with Crippen molar-refractivity contribution in [2.24, 2.45) is 11.7 Å². The van der Waals surface area contributed by atoms with Gasteiger partial charge in [-0.1, -0.05) is 6.92 Å². The predicted octanol–water partition coefficient (Wildman–Crippen LogP) is 1.18. The SMILES string of the molecule is CC(N)CCC(=O)NCC(C)Cn1cccn1.Cl. The first-order valence-corrected chi connectivity index (χ1v) is 6.07. The average molecular weight is 275 g/mol. The Bertz CT molecular complexity index is 327. The molecule has 1 aromatic heterocycles. The first-order chi connectivity index (χ1) is 8.08. The maximum atomic E-state index is 11.5. The Morgan fingerprint density at radius 1 is 1.50 bits per heavy atom. The number of nitrogens with one attached hydrogen (secondary N) is 1. The van der Waals surface area contributed by atoms with E-state index < -0.39 is 0 Å². The number of carbonyl (C=O) groups excluding carboxylic acids is 1. The van der Waals surface area contributed by atoms with Crippen LogP contribution in [0, 0.1) is 5.92 Å². The zero-order valence-electron chi connectivity index (χ0n) is 11.0. The minimum atomic E-state index is 0. The summed E-state index contributed by atoms with van der Waals surface area (Å²) in [6, 6.07) is 1.98. The number of nitrogens with two attached hydrogens (primary N) is 1. The number of rotatable bonds is 7. The molecule has 2 unspecified atom stereocenters. The normalized spacial score (nSPS) is 13.5. The van der Waals surface area contributed by atoms with E-state index in [-0.39, 0.29) is 24.4 Å². The van der Waals surface area contributed by atoms with E-state index in [1.54, 1.807) is 6.20 Å². The molecule has 0 aromatic carbocycles. The summed E-state index contributed by atoms with van der Waals surface area (Å²) in [5.41, 5.74) is 5.60. The molecule has 1 aromatic rings. The van der Waals surface area contributed by atoms with Gasteiger partial charge in [-0.2, -0.15) is 5.10 Å². The second kappa shape index (κ2) is 8.94.